The molecule has 1 spiro atoms. The molecule has 1 aromatic rings. The van der Waals surface area contributed by atoms with E-state index in [1.807, 2.05) is 19.1 Å². The molecule has 0 bridgehead atoms. The molecular weight excluding hydrogens is 330 g/mol. The molecule has 26 heavy (non-hydrogen) atoms. The first-order chi connectivity index (χ1) is 12.5. The first-order valence-corrected chi connectivity index (χ1v) is 9.16. The van der Waals surface area contributed by atoms with Crippen molar-refractivity contribution in [2.24, 2.45) is 11.3 Å². The van der Waals surface area contributed by atoms with E-state index in [1.165, 1.54) is 7.11 Å². The Morgan fingerprint density at radius 2 is 1.92 bits per heavy atom. The van der Waals surface area contributed by atoms with Crippen LogP contribution in [0.4, 0.5) is 0 Å². The predicted molar refractivity (Wildman–Crippen MR) is 98.5 cm³/mol. The summed E-state index contributed by atoms with van der Waals surface area (Å²) in [6.07, 6.45) is 2.57. The number of piperidine rings is 1. The summed E-state index contributed by atoms with van der Waals surface area (Å²) in [6.45, 7) is 7.47. The Kier molecular flexibility index (Phi) is 4.99. The van der Waals surface area contributed by atoms with Gasteiger partial charge in [0.15, 0.2) is 0 Å². The normalized spacial score (nSPS) is 25.6. The summed E-state index contributed by atoms with van der Waals surface area (Å²) in [4.78, 5) is 39.3. The quantitative estimate of drug-likeness (QED) is 0.615. The maximum atomic E-state index is 13.1. The summed E-state index contributed by atoms with van der Waals surface area (Å²) in [5.41, 5.74) is 1.18. The second-order valence-corrected chi connectivity index (χ2v) is 7.07. The van der Waals surface area contributed by atoms with Gasteiger partial charge < -0.3 is 9.64 Å². The van der Waals surface area contributed by atoms with Crippen LogP contribution in [0, 0.1) is 11.3 Å². The molecule has 1 saturated carbocycles. The van der Waals surface area contributed by atoms with Gasteiger partial charge in [-0.3, -0.25) is 9.59 Å². The zero-order valence-corrected chi connectivity index (χ0v) is 15.4. The van der Waals surface area contributed by atoms with E-state index in [4.69, 9.17) is 4.74 Å². The molecule has 0 aromatic heterocycles. The first-order valence-electron chi connectivity index (χ1n) is 9.16. The van der Waals surface area contributed by atoms with E-state index in [0.717, 1.165) is 24.0 Å². The lowest BCUT2D eigenvalue weighted by Gasteiger charge is -2.44. The van der Waals surface area contributed by atoms with Crippen molar-refractivity contribution in [3.05, 3.63) is 42.0 Å². The van der Waals surface area contributed by atoms with Crippen molar-refractivity contribution >= 4 is 23.2 Å². The van der Waals surface area contributed by atoms with Crippen molar-refractivity contribution < 1.29 is 19.1 Å². The van der Waals surface area contributed by atoms with Crippen molar-refractivity contribution in [2.45, 2.75) is 32.6 Å². The molecule has 3 rings (SSSR count). The van der Waals surface area contributed by atoms with E-state index in [0.29, 0.717) is 31.5 Å². The van der Waals surface area contributed by atoms with Crippen molar-refractivity contribution in [3.63, 3.8) is 0 Å². The third-order valence-electron chi connectivity index (χ3n) is 5.90. The molecule has 138 valence electrons. The monoisotopic (exact) mass is 355 g/mol. The number of ether oxygens (including phenoxy) is 1. The summed E-state index contributed by atoms with van der Waals surface area (Å²) in [5.74, 6) is -0.558. The molecule has 1 aromatic carbocycles. The van der Waals surface area contributed by atoms with Crippen molar-refractivity contribution in [3.8, 4) is 0 Å². The zero-order chi connectivity index (χ0) is 18.9. The van der Waals surface area contributed by atoms with Crippen LogP contribution >= 0.6 is 0 Å². The Morgan fingerprint density at radius 3 is 2.46 bits per heavy atom. The number of esters is 1. The minimum Gasteiger partial charge on any atom is -0.465 e. The standard InChI is InChI=1S/C21H25NO4/c1-4-22-13-11-17(21(20(22)25)12-5-6-18(21)23)14(2)15-7-9-16(10-8-15)19(24)26-3/h7-10,17H,2,4-6,11-13H2,1,3H3/t17-,21+/m0/s1. The number of hydrogen-bond donors (Lipinski definition) is 0. The molecule has 5 heteroatoms. The lowest BCUT2D eigenvalue weighted by atomic mass is 9.64. The van der Waals surface area contributed by atoms with E-state index >= 15 is 0 Å². The Labute approximate surface area is 154 Å². The van der Waals surface area contributed by atoms with Gasteiger partial charge in [0.1, 0.15) is 11.2 Å². The number of carbonyl (C=O) groups is 3. The van der Waals surface area contributed by atoms with Gasteiger partial charge in [-0.05, 0) is 49.5 Å². The number of ketones is 1. The largest absolute Gasteiger partial charge is 0.465 e. The highest BCUT2D eigenvalue weighted by atomic mass is 16.5. The third kappa shape index (κ3) is 2.75. The van der Waals surface area contributed by atoms with Crippen LogP contribution in [-0.4, -0.2) is 42.8 Å². The summed E-state index contributed by atoms with van der Waals surface area (Å²) in [7, 11) is 1.34. The van der Waals surface area contributed by atoms with Crippen LogP contribution in [0.15, 0.2) is 30.8 Å². The number of benzene rings is 1. The van der Waals surface area contributed by atoms with E-state index in [2.05, 4.69) is 6.58 Å². The predicted octanol–water partition coefficient (Wildman–Crippen LogP) is 3.09. The molecule has 0 N–H and O–H groups in total. The van der Waals surface area contributed by atoms with Gasteiger partial charge >= 0.3 is 5.97 Å². The van der Waals surface area contributed by atoms with Gasteiger partial charge in [-0.1, -0.05) is 18.7 Å². The van der Waals surface area contributed by atoms with Crippen LogP contribution in [0.1, 0.15) is 48.5 Å². The first kappa shape index (κ1) is 18.4. The molecule has 1 aliphatic heterocycles. The molecule has 2 fully saturated rings. The van der Waals surface area contributed by atoms with Gasteiger partial charge in [0.25, 0.3) is 0 Å². The molecule has 2 atom stereocenters. The number of hydrogen-bond acceptors (Lipinski definition) is 4. The highest BCUT2D eigenvalue weighted by Crippen LogP contribution is 2.51. The van der Waals surface area contributed by atoms with Crippen molar-refractivity contribution in [1.82, 2.24) is 4.90 Å². The lowest BCUT2D eigenvalue weighted by molar-refractivity contribution is -0.154. The minimum absolute atomic E-state index is 0.0360. The maximum absolute atomic E-state index is 13.1. The number of nitrogens with zero attached hydrogens (tertiary/aromatic N) is 1. The SMILES string of the molecule is C=C(c1ccc(C(=O)OC)cc1)[C@@H]1CCN(CC)C(=O)[C@]12CCCC2=O. The molecule has 1 heterocycles. The van der Waals surface area contributed by atoms with E-state index in [1.54, 1.807) is 17.0 Å². The van der Waals surface area contributed by atoms with Crippen LogP contribution in [0.5, 0.6) is 0 Å². The molecule has 0 radical (unpaired) electrons. The molecule has 0 unspecified atom stereocenters. The van der Waals surface area contributed by atoms with Gasteiger partial charge in [-0.15, -0.1) is 0 Å². The summed E-state index contributed by atoms with van der Waals surface area (Å²) < 4.78 is 4.73. The Bertz CT molecular complexity index is 752. The average molecular weight is 355 g/mol. The Morgan fingerprint density at radius 1 is 1.27 bits per heavy atom. The van der Waals surface area contributed by atoms with Gasteiger partial charge in [-0.2, -0.15) is 0 Å². The number of rotatable bonds is 4. The van der Waals surface area contributed by atoms with E-state index in [-0.39, 0.29) is 17.6 Å². The third-order valence-corrected chi connectivity index (χ3v) is 5.90. The van der Waals surface area contributed by atoms with Gasteiger partial charge in [0, 0.05) is 25.4 Å². The van der Waals surface area contributed by atoms with Crippen molar-refractivity contribution in [2.75, 3.05) is 20.2 Å². The van der Waals surface area contributed by atoms with Crippen LogP contribution < -0.4 is 0 Å². The second-order valence-electron chi connectivity index (χ2n) is 7.07. The molecular formula is C21H25NO4. The summed E-state index contributed by atoms with van der Waals surface area (Å²) >= 11 is 0. The fraction of sp³-hybridized carbons (Fsp3) is 0.476. The number of allylic oxidation sites excluding steroid dienone is 1. The maximum Gasteiger partial charge on any atom is 0.337 e. The number of methoxy groups -OCH3 is 1. The van der Waals surface area contributed by atoms with Gasteiger partial charge in [0.2, 0.25) is 5.91 Å². The zero-order valence-electron chi connectivity index (χ0n) is 15.4. The van der Waals surface area contributed by atoms with Gasteiger partial charge in [0.05, 0.1) is 12.7 Å². The molecule has 1 aliphatic carbocycles. The Hall–Kier alpha value is -2.43. The van der Waals surface area contributed by atoms with Crippen LogP contribution in [0.3, 0.4) is 0 Å². The number of amides is 1. The molecule has 1 amide bonds. The summed E-state index contributed by atoms with van der Waals surface area (Å²) in [6, 6.07) is 7.02. The lowest BCUT2D eigenvalue weighted by Crippen LogP contribution is -2.55. The van der Waals surface area contributed by atoms with Crippen molar-refractivity contribution in [1.29, 1.82) is 0 Å². The van der Waals surface area contributed by atoms with E-state index < -0.39 is 11.4 Å². The topological polar surface area (TPSA) is 63.7 Å². The van der Waals surface area contributed by atoms with E-state index in [9.17, 15) is 14.4 Å². The second kappa shape index (κ2) is 7.06. The molecule has 1 saturated heterocycles. The van der Waals surface area contributed by atoms with Gasteiger partial charge in [-0.25, -0.2) is 4.79 Å². The number of likely N-dealkylation sites (tertiary alicyclic amines) is 1. The molecule has 2 aliphatic rings. The highest BCUT2D eigenvalue weighted by Gasteiger charge is 2.57. The highest BCUT2D eigenvalue weighted by molar-refractivity contribution is 6.09. The van der Waals surface area contributed by atoms with Crippen LogP contribution in [0.25, 0.3) is 5.57 Å². The number of Topliss-reactive ketones (excluding diaryl/α,β-unsaturated/α-hetero) is 1. The fourth-order valence-corrected chi connectivity index (χ4v) is 4.46. The fourth-order valence-electron chi connectivity index (χ4n) is 4.46. The van der Waals surface area contributed by atoms with Crippen LogP contribution in [-0.2, 0) is 14.3 Å². The molecule has 5 nitrogen and oxygen atoms in total. The smallest absolute Gasteiger partial charge is 0.337 e. The average Bonchev–Trinajstić information content (AvgIpc) is 3.05. The van der Waals surface area contributed by atoms with Crippen LogP contribution in [0.2, 0.25) is 0 Å². The minimum atomic E-state index is -0.952. The summed E-state index contributed by atoms with van der Waals surface area (Å²) in [5, 5.41) is 0. The number of carbonyl (C=O) groups excluding carboxylic acids is 3. The Balaban J connectivity index is 1.93.